The number of aromatic nitrogens is 2. The highest BCUT2D eigenvalue weighted by molar-refractivity contribution is 5.99. The molecule has 0 bridgehead atoms. The molecule has 4 rings (SSSR count). The lowest BCUT2D eigenvalue weighted by molar-refractivity contribution is -0.122. The average Bonchev–Trinajstić information content (AvgIpc) is 3.27. The molecule has 0 N–H and O–H groups in total. The first kappa shape index (κ1) is 18.1. The summed E-state index contributed by atoms with van der Waals surface area (Å²) in [6, 6.07) is 6.97. The van der Waals surface area contributed by atoms with Crippen molar-refractivity contribution in [2.45, 2.75) is 25.4 Å². The van der Waals surface area contributed by atoms with Crippen LogP contribution < -0.4 is 4.90 Å². The molecule has 0 radical (unpaired) electrons. The van der Waals surface area contributed by atoms with E-state index in [9.17, 15) is 9.18 Å². The third-order valence-corrected chi connectivity index (χ3v) is 5.87. The largest absolute Gasteiger partial charge is 0.308 e. The lowest BCUT2D eigenvalue weighted by atomic mass is 10.0. The van der Waals surface area contributed by atoms with Crippen LogP contribution in [0.15, 0.2) is 36.7 Å². The Labute approximate surface area is 159 Å². The minimum Gasteiger partial charge on any atom is -0.308 e. The molecule has 0 unspecified atom stereocenters. The Morgan fingerprint density at radius 2 is 1.89 bits per heavy atom. The molecule has 1 aromatic heterocycles. The van der Waals surface area contributed by atoms with E-state index in [0.29, 0.717) is 0 Å². The van der Waals surface area contributed by atoms with E-state index in [4.69, 9.17) is 0 Å². The van der Waals surface area contributed by atoms with Gasteiger partial charge in [0.25, 0.3) is 0 Å². The molecule has 0 saturated carbocycles. The van der Waals surface area contributed by atoms with Gasteiger partial charge in [0, 0.05) is 57.6 Å². The number of hydrogen-bond donors (Lipinski definition) is 0. The second-order valence-corrected chi connectivity index (χ2v) is 7.44. The second-order valence-electron chi connectivity index (χ2n) is 7.44. The number of anilines is 1. The topological polar surface area (TPSA) is 44.6 Å². The quantitative estimate of drug-likeness (QED) is 0.825. The van der Waals surface area contributed by atoms with Gasteiger partial charge in [-0.15, -0.1) is 0 Å². The van der Waals surface area contributed by atoms with Crippen LogP contribution in [0.5, 0.6) is 0 Å². The maximum atomic E-state index is 14.1. The van der Waals surface area contributed by atoms with Crippen LogP contribution in [0.3, 0.4) is 0 Å². The summed E-state index contributed by atoms with van der Waals surface area (Å²) < 4.78 is 15.8. The average molecular weight is 371 g/mol. The molecule has 1 amide bonds. The Bertz CT molecular complexity index is 814. The molecule has 1 aromatic carbocycles. The third-order valence-electron chi connectivity index (χ3n) is 5.87. The molecular weight excluding hydrogens is 345 g/mol. The molecule has 2 aliphatic rings. The van der Waals surface area contributed by atoms with Crippen LogP contribution >= 0.6 is 0 Å². The van der Waals surface area contributed by atoms with Crippen molar-refractivity contribution in [3.63, 3.8) is 0 Å². The summed E-state index contributed by atoms with van der Waals surface area (Å²) in [6.07, 6.45) is 4.47. The number of piperazine rings is 1. The number of hydrogen-bond acceptors (Lipinski definition) is 4. The monoisotopic (exact) mass is 371 g/mol. The predicted octanol–water partition coefficient (Wildman–Crippen LogP) is 2.04. The zero-order valence-corrected chi connectivity index (χ0v) is 15.9. The van der Waals surface area contributed by atoms with Gasteiger partial charge in [-0.05, 0) is 19.4 Å². The smallest absolute Gasteiger partial charge is 0.244 e. The number of nitrogens with zero attached hydrogens (tertiary/aromatic N) is 5. The van der Waals surface area contributed by atoms with E-state index in [1.165, 1.54) is 6.07 Å². The molecule has 27 heavy (non-hydrogen) atoms. The predicted molar refractivity (Wildman–Crippen MR) is 102 cm³/mol. The molecule has 3 heterocycles. The molecule has 2 saturated heterocycles. The van der Waals surface area contributed by atoms with Crippen molar-refractivity contribution in [3.8, 4) is 0 Å². The van der Waals surface area contributed by atoms with Crippen molar-refractivity contribution >= 4 is 11.6 Å². The number of rotatable bonds is 4. The molecule has 0 spiro atoms. The highest BCUT2D eigenvalue weighted by atomic mass is 19.1. The summed E-state index contributed by atoms with van der Waals surface area (Å²) >= 11 is 0. The van der Waals surface area contributed by atoms with Gasteiger partial charge in [0.2, 0.25) is 5.91 Å². The Morgan fingerprint density at radius 3 is 2.56 bits per heavy atom. The number of benzene rings is 1. The highest BCUT2D eigenvalue weighted by Gasteiger charge is 2.38. The number of aryl methyl sites for hydroxylation is 1. The number of amides is 1. The van der Waals surface area contributed by atoms with E-state index < -0.39 is 0 Å². The van der Waals surface area contributed by atoms with Gasteiger partial charge in [-0.1, -0.05) is 18.2 Å². The molecule has 2 aromatic rings. The molecule has 0 aliphatic carbocycles. The number of carbonyl (C=O) groups excluding carboxylic acids is 1. The maximum absolute atomic E-state index is 14.1. The summed E-state index contributed by atoms with van der Waals surface area (Å²) in [5.41, 5.74) is 1.61. The van der Waals surface area contributed by atoms with E-state index in [0.717, 1.165) is 50.4 Å². The van der Waals surface area contributed by atoms with Gasteiger partial charge < -0.3 is 4.90 Å². The zero-order chi connectivity index (χ0) is 19.0. The van der Waals surface area contributed by atoms with Crippen LogP contribution in [-0.2, 0) is 11.8 Å². The minimum atomic E-state index is -0.148. The minimum absolute atomic E-state index is 0.0412. The summed E-state index contributed by atoms with van der Waals surface area (Å²) in [5.74, 6) is 0.0177. The van der Waals surface area contributed by atoms with Crippen molar-refractivity contribution in [2.75, 3.05) is 37.6 Å². The fourth-order valence-electron chi connectivity index (χ4n) is 4.25. The van der Waals surface area contributed by atoms with Crippen LogP contribution in [0.25, 0.3) is 0 Å². The number of halogens is 1. The van der Waals surface area contributed by atoms with Crippen LogP contribution in [0.4, 0.5) is 10.1 Å². The highest BCUT2D eigenvalue weighted by Crippen LogP contribution is 2.27. The van der Waals surface area contributed by atoms with Crippen molar-refractivity contribution in [2.24, 2.45) is 7.05 Å². The summed E-state index contributed by atoms with van der Waals surface area (Å²) in [6.45, 7) is 6.13. The molecule has 7 heteroatoms. The summed E-state index contributed by atoms with van der Waals surface area (Å²) in [5, 5.41) is 4.17. The molecular formula is C20H26FN5O. The first-order valence-electron chi connectivity index (χ1n) is 9.57. The van der Waals surface area contributed by atoms with Crippen molar-refractivity contribution in [3.05, 3.63) is 48.0 Å². The van der Waals surface area contributed by atoms with Gasteiger partial charge in [0.1, 0.15) is 5.82 Å². The zero-order valence-electron chi connectivity index (χ0n) is 15.9. The lowest BCUT2D eigenvalue weighted by Gasteiger charge is -2.40. The standard InChI is InChI=1S/C20H26FN5O/c1-15(17-5-3-4-6-18(17)21)24-9-11-25(12-10-24)19-7-8-26(20(19)27)16-13-22-23(2)14-16/h3-6,13-15,19H,7-12H2,1-2H3/t15-,19+/m0/s1. The Hall–Kier alpha value is -2.25. The van der Waals surface area contributed by atoms with E-state index in [-0.39, 0.29) is 23.8 Å². The maximum Gasteiger partial charge on any atom is 0.244 e. The summed E-state index contributed by atoms with van der Waals surface area (Å²) in [7, 11) is 1.86. The van der Waals surface area contributed by atoms with Crippen LogP contribution in [-0.4, -0.2) is 64.3 Å². The van der Waals surface area contributed by atoms with Gasteiger partial charge in [0.05, 0.1) is 17.9 Å². The van der Waals surface area contributed by atoms with E-state index in [1.54, 1.807) is 16.9 Å². The molecule has 2 atom stereocenters. The Kier molecular flexibility index (Phi) is 4.97. The number of carbonyl (C=O) groups is 1. The SMILES string of the molecule is C[C@@H](c1ccccc1F)N1CCN([C@@H]2CCN(c3cnn(C)c3)C2=O)CC1. The van der Waals surface area contributed by atoms with E-state index in [1.807, 2.05) is 30.3 Å². The van der Waals surface area contributed by atoms with Gasteiger partial charge in [-0.25, -0.2) is 4.39 Å². The Morgan fingerprint density at radius 1 is 1.15 bits per heavy atom. The van der Waals surface area contributed by atoms with Gasteiger partial charge in [-0.3, -0.25) is 19.3 Å². The van der Waals surface area contributed by atoms with Crippen molar-refractivity contribution in [1.29, 1.82) is 0 Å². The fraction of sp³-hybridized carbons (Fsp3) is 0.500. The Balaban J connectivity index is 1.37. The van der Waals surface area contributed by atoms with Crippen LogP contribution in [0, 0.1) is 5.82 Å². The normalized spacial score (nSPS) is 23.1. The van der Waals surface area contributed by atoms with E-state index >= 15 is 0 Å². The molecule has 2 aliphatic heterocycles. The van der Waals surface area contributed by atoms with E-state index in [2.05, 4.69) is 21.8 Å². The lowest BCUT2D eigenvalue weighted by Crippen LogP contribution is -2.53. The molecule has 6 nitrogen and oxygen atoms in total. The second kappa shape index (κ2) is 7.40. The fourth-order valence-corrected chi connectivity index (χ4v) is 4.25. The van der Waals surface area contributed by atoms with Gasteiger partial charge >= 0.3 is 0 Å². The summed E-state index contributed by atoms with van der Waals surface area (Å²) in [4.78, 5) is 19.3. The molecule has 144 valence electrons. The first-order valence-corrected chi connectivity index (χ1v) is 9.57. The third kappa shape index (κ3) is 3.49. The van der Waals surface area contributed by atoms with Gasteiger partial charge in [0.15, 0.2) is 0 Å². The van der Waals surface area contributed by atoms with Crippen LogP contribution in [0.2, 0.25) is 0 Å². The van der Waals surface area contributed by atoms with Crippen molar-refractivity contribution < 1.29 is 9.18 Å². The van der Waals surface area contributed by atoms with Gasteiger partial charge in [-0.2, -0.15) is 5.10 Å². The van der Waals surface area contributed by atoms with Crippen LogP contribution in [0.1, 0.15) is 24.9 Å². The first-order chi connectivity index (χ1) is 13.0. The molecule has 2 fully saturated rings. The van der Waals surface area contributed by atoms with Crippen molar-refractivity contribution in [1.82, 2.24) is 19.6 Å².